The predicted molar refractivity (Wildman–Crippen MR) is 67.1 cm³/mol. The highest BCUT2D eigenvalue weighted by molar-refractivity contribution is 9.10. The van der Waals surface area contributed by atoms with Gasteiger partial charge in [-0.2, -0.15) is 0 Å². The number of hydrogen-bond donors (Lipinski definition) is 0. The molecule has 17 heavy (non-hydrogen) atoms. The quantitative estimate of drug-likeness (QED) is 0.830. The van der Waals surface area contributed by atoms with Gasteiger partial charge in [-0.3, -0.25) is 4.79 Å². The lowest BCUT2D eigenvalue weighted by molar-refractivity contribution is -0.122. The van der Waals surface area contributed by atoms with Crippen LogP contribution in [0.1, 0.15) is 24.8 Å². The number of carbonyl (C=O) groups is 1. The maximum absolute atomic E-state index is 13.6. The van der Waals surface area contributed by atoms with Crippen molar-refractivity contribution in [3.63, 3.8) is 0 Å². The Labute approximate surface area is 109 Å². The van der Waals surface area contributed by atoms with Crippen molar-refractivity contribution in [2.45, 2.75) is 25.7 Å². The molecule has 0 aliphatic heterocycles. The van der Waals surface area contributed by atoms with Gasteiger partial charge >= 0.3 is 0 Å². The molecule has 3 rings (SSSR count). The van der Waals surface area contributed by atoms with Crippen molar-refractivity contribution in [2.75, 3.05) is 0 Å². The molecule has 0 saturated heterocycles. The summed E-state index contributed by atoms with van der Waals surface area (Å²) < 4.78 is 14.3. The first-order valence-corrected chi connectivity index (χ1v) is 6.89. The Morgan fingerprint density at radius 2 is 2.00 bits per heavy atom. The highest BCUT2D eigenvalue weighted by Crippen LogP contribution is 2.54. The van der Waals surface area contributed by atoms with Crippen LogP contribution in [-0.2, 0) is 11.2 Å². The number of benzene rings is 1. The predicted octanol–water partition coefficient (Wildman–Crippen LogP) is 3.75. The molecule has 0 aromatic heterocycles. The first-order chi connectivity index (χ1) is 8.13. The van der Waals surface area contributed by atoms with Gasteiger partial charge in [0.2, 0.25) is 0 Å². The second-order valence-corrected chi connectivity index (χ2v) is 6.22. The van der Waals surface area contributed by atoms with Gasteiger partial charge in [-0.1, -0.05) is 22.0 Å². The Balaban J connectivity index is 1.67. The van der Waals surface area contributed by atoms with Gasteiger partial charge in [-0.05, 0) is 48.8 Å². The summed E-state index contributed by atoms with van der Waals surface area (Å²) in [5.41, 5.74) is 0.527. The van der Waals surface area contributed by atoms with Crippen LogP contribution in [-0.4, -0.2) is 5.78 Å². The molecule has 0 N–H and O–H groups in total. The van der Waals surface area contributed by atoms with Crippen molar-refractivity contribution >= 4 is 21.7 Å². The van der Waals surface area contributed by atoms with Gasteiger partial charge in [0, 0.05) is 16.8 Å². The summed E-state index contributed by atoms with van der Waals surface area (Å²) in [5, 5.41) is 0. The van der Waals surface area contributed by atoms with Crippen LogP contribution in [0.25, 0.3) is 0 Å². The fourth-order valence-electron chi connectivity index (χ4n) is 2.97. The van der Waals surface area contributed by atoms with Gasteiger partial charge in [0.05, 0.1) is 0 Å². The largest absolute Gasteiger partial charge is 0.299 e. The zero-order chi connectivity index (χ0) is 12.0. The standard InChI is InChI=1S/C14H14BrFO/c15-12-2-1-8(13(16)7-12)6-14(17)11-4-9-3-10(9)5-11/h1-2,7,9-11H,3-6H2. The molecule has 2 fully saturated rings. The first-order valence-electron chi connectivity index (χ1n) is 6.10. The minimum atomic E-state index is -0.282. The Morgan fingerprint density at radius 1 is 1.29 bits per heavy atom. The number of hydrogen-bond acceptors (Lipinski definition) is 1. The highest BCUT2D eigenvalue weighted by Gasteiger charge is 2.47. The first kappa shape index (κ1) is 11.4. The van der Waals surface area contributed by atoms with Crippen LogP contribution >= 0.6 is 15.9 Å². The van der Waals surface area contributed by atoms with Crippen LogP contribution in [0.3, 0.4) is 0 Å². The van der Waals surface area contributed by atoms with E-state index in [1.54, 1.807) is 12.1 Å². The highest BCUT2D eigenvalue weighted by atomic mass is 79.9. The third-order valence-electron chi connectivity index (χ3n) is 4.08. The average molecular weight is 297 g/mol. The van der Waals surface area contributed by atoms with Crippen molar-refractivity contribution in [3.8, 4) is 0 Å². The molecule has 0 amide bonds. The van der Waals surface area contributed by atoms with Gasteiger partial charge in [0.1, 0.15) is 11.6 Å². The maximum Gasteiger partial charge on any atom is 0.140 e. The molecule has 3 heteroatoms. The molecular weight excluding hydrogens is 283 g/mol. The zero-order valence-corrected chi connectivity index (χ0v) is 11.0. The molecule has 0 heterocycles. The molecule has 2 aliphatic carbocycles. The minimum absolute atomic E-state index is 0.196. The van der Waals surface area contributed by atoms with E-state index in [1.807, 2.05) is 0 Å². The Kier molecular flexibility index (Phi) is 2.81. The Morgan fingerprint density at radius 3 is 2.65 bits per heavy atom. The van der Waals surface area contributed by atoms with E-state index in [4.69, 9.17) is 0 Å². The third kappa shape index (κ3) is 2.30. The average Bonchev–Trinajstić information content (AvgIpc) is 2.89. The van der Waals surface area contributed by atoms with E-state index < -0.39 is 0 Å². The van der Waals surface area contributed by atoms with E-state index >= 15 is 0 Å². The molecule has 1 nitrogen and oxygen atoms in total. The van der Waals surface area contributed by atoms with Gasteiger partial charge in [0.15, 0.2) is 0 Å². The second-order valence-electron chi connectivity index (χ2n) is 5.30. The Bertz CT molecular complexity index is 461. The summed E-state index contributed by atoms with van der Waals surface area (Å²) in [6.45, 7) is 0. The number of ketones is 1. The van der Waals surface area contributed by atoms with E-state index in [-0.39, 0.29) is 23.9 Å². The van der Waals surface area contributed by atoms with Crippen LogP contribution in [0, 0.1) is 23.6 Å². The number of halogens is 2. The van der Waals surface area contributed by atoms with Crippen molar-refractivity contribution in [2.24, 2.45) is 17.8 Å². The summed E-state index contributed by atoms with van der Waals surface area (Å²) >= 11 is 3.22. The zero-order valence-electron chi connectivity index (χ0n) is 9.46. The van der Waals surface area contributed by atoms with Gasteiger partial charge in [-0.25, -0.2) is 4.39 Å². The number of fused-ring (bicyclic) bond motifs is 1. The molecule has 1 aromatic carbocycles. The van der Waals surface area contributed by atoms with E-state index in [0.717, 1.165) is 24.7 Å². The number of rotatable bonds is 3. The lowest BCUT2D eigenvalue weighted by Crippen LogP contribution is -2.16. The fourth-order valence-corrected chi connectivity index (χ4v) is 3.31. The lowest BCUT2D eigenvalue weighted by atomic mass is 9.93. The molecule has 0 bridgehead atoms. The van der Waals surface area contributed by atoms with E-state index in [1.165, 1.54) is 12.5 Å². The van der Waals surface area contributed by atoms with Crippen molar-refractivity contribution in [3.05, 3.63) is 34.1 Å². The molecule has 2 aliphatic rings. The van der Waals surface area contributed by atoms with Gasteiger partial charge in [0.25, 0.3) is 0 Å². The molecule has 2 saturated carbocycles. The molecule has 2 unspecified atom stereocenters. The van der Waals surface area contributed by atoms with Crippen LogP contribution in [0.4, 0.5) is 4.39 Å². The summed E-state index contributed by atoms with van der Waals surface area (Å²) in [5.74, 6) is 1.74. The SMILES string of the molecule is O=C(Cc1ccc(Br)cc1F)C1CC2CC2C1. The second kappa shape index (κ2) is 4.20. The monoisotopic (exact) mass is 296 g/mol. The van der Waals surface area contributed by atoms with Crippen molar-refractivity contribution < 1.29 is 9.18 Å². The van der Waals surface area contributed by atoms with E-state index in [0.29, 0.717) is 10.0 Å². The molecule has 0 radical (unpaired) electrons. The molecule has 0 spiro atoms. The summed E-state index contributed by atoms with van der Waals surface area (Å²) in [6.07, 6.45) is 3.66. The molecule has 1 aromatic rings. The topological polar surface area (TPSA) is 17.1 Å². The smallest absolute Gasteiger partial charge is 0.140 e. The van der Waals surface area contributed by atoms with Crippen molar-refractivity contribution in [1.29, 1.82) is 0 Å². The number of Topliss-reactive ketones (excluding diaryl/α,β-unsaturated/α-hetero) is 1. The molecule has 90 valence electrons. The third-order valence-corrected chi connectivity index (χ3v) is 4.57. The normalized spacial score (nSPS) is 30.1. The van der Waals surface area contributed by atoms with E-state index in [2.05, 4.69) is 15.9 Å². The number of carbonyl (C=O) groups excluding carboxylic acids is 1. The van der Waals surface area contributed by atoms with Crippen LogP contribution in [0.15, 0.2) is 22.7 Å². The Hall–Kier alpha value is -0.700. The lowest BCUT2D eigenvalue weighted by Gasteiger charge is -2.10. The maximum atomic E-state index is 13.6. The van der Waals surface area contributed by atoms with Gasteiger partial charge in [-0.15, -0.1) is 0 Å². The summed E-state index contributed by atoms with van der Waals surface area (Å²) in [6, 6.07) is 4.92. The fraction of sp³-hybridized carbons (Fsp3) is 0.500. The van der Waals surface area contributed by atoms with Crippen LogP contribution < -0.4 is 0 Å². The minimum Gasteiger partial charge on any atom is -0.299 e. The summed E-state index contributed by atoms with van der Waals surface area (Å²) in [7, 11) is 0. The van der Waals surface area contributed by atoms with E-state index in [9.17, 15) is 9.18 Å². The molecule has 2 atom stereocenters. The van der Waals surface area contributed by atoms with Gasteiger partial charge < -0.3 is 0 Å². The van der Waals surface area contributed by atoms with Crippen molar-refractivity contribution in [1.82, 2.24) is 0 Å². The summed E-state index contributed by atoms with van der Waals surface area (Å²) in [4.78, 5) is 12.0. The van der Waals surface area contributed by atoms with Crippen LogP contribution in [0.5, 0.6) is 0 Å². The van der Waals surface area contributed by atoms with Crippen LogP contribution in [0.2, 0.25) is 0 Å². The molecular formula is C14H14BrFO.